The third-order valence-corrected chi connectivity index (χ3v) is 2.99. The molecule has 8 heteroatoms. The molecule has 0 saturated heterocycles. The van der Waals surface area contributed by atoms with Crippen molar-refractivity contribution >= 4 is 29.6 Å². The summed E-state index contributed by atoms with van der Waals surface area (Å²) in [6.45, 7) is 4.27. The summed E-state index contributed by atoms with van der Waals surface area (Å²) in [5, 5.41) is 6.55. The average Bonchev–Trinajstić information content (AvgIpc) is 2.51. The molecular formula is C15H20ClN3O4. The van der Waals surface area contributed by atoms with Gasteiger partial charge in [-0.3, -0.25) is 9.59 Å². The molecule has 1 aromatic carbocycles. The molecule has 0 atom stereocenters. The fraction of sp³-hybridized carbons (Fsp3) is 0.400. The molecule has 0 aliphatic carbocycles. The van der Waals surface area contributed by atoms with Crippen LogP contribution in [0.25, 0.3) is 0 Å². The Balaban J connectivity index is 2.69. The van der Waals surface area contributed by atoms with E-state index in [1.807, 2.05) is 13.8 Å². The molecular weight excluding hydrogens is 322 g/mol. The summed E-state index contributed by atoms with van der Waals surface area (Å²) in [6, 6.07) is 3.23. The Morgan fingerprint density at radius 1 is 1.26 bits per heavy atom. The third kappa shape index (κ3) is 5.78. The predicted octanol–water partition coefficient (Wildman–Crippen LogP) is 1.58. The number of amides is 2. The van der Waals surface area contributed by atoms with Crippen LogP contribution in [0, 0.1) is 5.92 Å². The summed E-state index contributed by atoms with van der Waals surface area (Å²) < 4.78 is 10.3. The lowest BCUT2D eigenvalue weighted by Gasteiger charge is -2.10. The molecule has 126 valence electrons. The second kappa shape index (κ2) is 8.99. The summed E-state index contributed by atoms with van der Waals surface area (Å²) in [5.74, 6) is -0.482. The summed E-state index contributed by atoms with van der Waals surface area (Å²) >= 11 is 6.06. The van der Waals surface area contributed by atoms with E-state index in [9.17, 15) is 9.59 Å². The Morgan fingerprint density at radius 3 is 2.52 bits per heavy atom. The average molecular weight is 342 g/mol. The van der Waals surface area contributed by atoms with E-state index in [2.05, 4.69) is 15.8 Å². The molecule has 23 heavy (non-hydrogen) atoms. The van der Waals surface area contributed by atoms with E-state index >= 15 is 0 Å². The number of hydrogen-bond donors (Lipinski definition) is 2. The number of halogens is 1. The molecule has 0 heterocycles. The van der Waals surface area contributed by atoms with Crippen molar-refractivity contribution in [2.45, 2.75) is 13.8 Å². The van der Waals surface area contributed by atoms with Crippen LogP contribution in [0.3, 0.4) is 0 Å². The van der Waals surface area contributed by atoms with Crippen LogP contribution in [0.5, 0.6) is 11.5 Å². The van der Waals surface area contributed by atoms with Gasteiger partial charge in [-0.05, 0) is 23.6 Å². The predicted molar refractivity (Wildman–Crippen MR) is 88.1 cm³/mol. The van der Waals surface area contributed by atoms with Gasteiger partial charge in [0.05, 0.1) is 25.5 Å². The highest BCUT2D eigenvalue weighted by Crippen LogP contribution is 2.35. The molecule has 2 amide bonds. The number of nitrogens with zero attached hydrogens (tertiary/aromatic N) is 1. The molecule has 0 aliphatic heterocycles. The van der Waals surface area contributed by atoms with Crippen molar-refractivity contribution in [3.8, 4) is 11.5 Å². The van der Waals surface area contributed by atoms with Crippen molar-refractivity contribution in [1.82, 2.24) is 10.7 Å². The zero-order valence-corrected chi connectivity index (χ0v) is 14.2. The maximum atomic E-state index is 11.5. The van der Waals surface area contributed by atoms with Crippen molar-refractivity contribution in [1.29, 1.82) is 0 Å². The molecule has 0 aromatic heterocycles. The molecule has 0 radical (unpaired) electrons. The van der Waals surface area contributed by atoms with Crippen LogP contribution < -0.4 is 20.2 Å². The smallest absolute Gasteiger partial charge is 0.329 e. The fourth-order valence-electron chi connectivity index (χ4n) is 1.61. The number of nitrogens with one attached hydrogen (secondary N) is 2. The molecule has 2 N–H and O–H groups in total. The van der Waals surface area contributed by atoms with Crippen LogP contribution in [0.4, 0.5) is 0 Å². The third-order valence-electron chi connectivity index (χ3n) is 2.71. The first-order valence-electron chi connectivity index (χ1n) is 6.91. The van der Waals surface area contributed by atoms with Crippen molar-refractivity contribution in [2.24, 2.45) is 11.0 Å². The van der Waals surface area contributed by atoms with Gasteiger partial charge in [0.15, 0.2) is 11.5 Å². The second-order valence-corrected chi connectivity index (χ2v) is 5.45. The van der Waals surface area contributed by atoms with Crippen LogP contribution in [0.15, 0.2) is 17.2 Å². The normalized spacial score (nSPS) is 10.7. The van der Waals surface area contributed by atoms with Gasteiger partial charge in [0, 0.05) is 6.54 Å². The van der Waals surface area contributed by atoms with E-state index in [-0.39, 0.29) is 5.92 Å². The first-order chi connectivity index (χ1) is 10.9. The summed E-state index contributed by atoms with van der Waals surface area (Å²) in [5.41, 5.74) is 2.72. The standard InChI is InChI=1S/C15H20ClN3O4/c1-9(2)7-17-14(20)15(21)19-18-8-10-5-11(16)13(23-4)12(6-10)22-3/h5-6,8-9H,7H2,1-4H3,(H,17,20)(H,19,21)/b18-8-. The zero-order chi connectivity index (χ0) is 17.4. The van der Waals surface area contributed by atoms with Crippen LogP contribution in [0.2, 0.25) is 5.02 Å². The number of ether oxygens (including phenoxy) is 2. The fourth-order valence-corrected chi connectivity index (χ4v) is 1.90. The van der Waals surface area contributed by atoms with E-state index in [4.69, 9.17) is 21.1 Å². The minimum Gasteiger partial charge on any atom is -0.493 e. The van der Waals surface area contributed by atoms with Gasteiger partial charge in [-0.15, -0.1) is 0 Å². The van der Waals surface area contributed by atoms with Crippen molar-refractivity contribution in [2.75, 3.05) is 20.8 Å². The molecule has 1 aromatic rings. The van der Waals surface area contributed by atoms with Crippen molar-refractivity contribution in [3.63, 3.8) is 0 Å². The molecule has 0 bridgehead atoms. The Morgan fingerprint density at radius 2 is 1.96 bits per heavy atom. The van der Waals surface area contributed by atoms with Gasteiger partial charge < -0.3 is 14.8 Å². The molecule has 0 saturated carbocycles. The lowest BCUT2D eigenvalue weighted by Crippen LogP contribution is -2.39. The van der Waals surface area contributed by atoms with E-state index < -0.39 is 11.8 Å². The number of rotatable bonds is 6. The van der Waals surface area contributed by atoms with E-state index in [1.54, 1.807) is 12.1 Å². The summed E-state index contributed by atoms with van der Waals surface area (Å²) in [7, 11) is 2.96. The maximum Gasteiger partial charge on any atom is 0.329 e. The van der Waals surface area contributed by atoms with Crippen molar-refractivity contribution in [3.05, 3.63) is 22.7 Å². The lowest BCUT2D eigenvalue weighted by atomic mass is 10.2. The first-order valence-corrected chi connectivity index (χ1v) is 7.29. The first kappa shape index (κ1) is 18.8. The molecule has 0 aliphatic rings. The Labute approximate surface area is 140 Å². The lowest BCUT2D eigenvalue weighted by molar-refractivity contribution is -0.139. The highest BCUT2D eigenvalue weighted by Gasteiger charge is 2.13. The van der Waals surface area contributed by atoms with Crippen LogP contribution >= 0.6 is 11.6 Å². The van der Waals surface area contributed by atoms with Gasteiger partial charge in [0.2, 0.25) is 0 Å². The van der Waals surface area contributed by atoms with Gasteiger partial charge in [-0.25, -0.2) is 5.43 Å². The van der Waals surface area contributed by atoms with Gasteiger partial charge >= 0.3 is 11.8 Å². The van der Waals surface area contributed by atoms with E-state index in [1.165, 1.54) is 20.4 Å². The topological polar surface area (TPSA) is 89.0 Å². The van der Waals surface area contributed by atoms with Gasteiger partial charge in [-0.1, -0.05) is 25.4 Å². The second-order valence-electron chi connectivity index (χ2n) is 5.04. The number of carbonyl (C=O) groups excluding carboxylic acids is 2. The van der Waals surface area contributed by atoms with Gasteiger partial charge in [-0.2, -0.15) is 5.10 Å². The van der Waals surface area contributed by atoms with Gasteiger partial charge in [0.1, 0.15) is 0 Å². The zero-order valence-electron chi connectivity index (χ0n) is 13.5. The molecule has 0 fully saturated rings. The van der Waals surface area contributed by atoms with E-state index in [0.29, 0.717) is 28.6 Å². The van der Waals surface area contributed by atoms with Crippen molar-refractivity contribution < 1.29 is 19.1 Å². The number of benzene rings is 1. The monoisotopic (exact) mass is 341 g/mol. The Hall–Kier alpha value is -2.28. The quantitative estimate of drug-likeness (QED) is 0.467. The number of hydrogen-bond acceptors (Lipinski definition) is 5. The number of hydrazone groups is 1. The minimum absolute atomic E-state index is 0.254. The summed E-state index contributed by atoms with van der Waals surface area (Å²) in [6.07, 6.45) is 1.35. The van der Waals surface area contributed by atoms with Crippen LogP contribution in [-0.2, 0) is 9.59 Å². The molecule has 0 unspecified atom stereocenters. The minimum atomic E-state index is -0.839. The number of methoxy groups -OCH3 is 2. The Kier molecular flexibility index (Phi) is 7.34. The molecule has 0 spiro atoms. The SMILES string of the molecule is COc1cc(/C=N\NC(=O)C(=O)NCC(C)C)cc(Cl)c1OC. The summed E-state index contributed by atoms with van der Waals surface area (Å²) in [4.78, 5) is 23.0. The van der Waals surface area contributed by atoms with E-state index in [0.717, 1.165) is 0 Å². The highest BCUT2D eigenvalue weighted by atomic mass is 35.5. The van der Waals surface area contributed by atoms with Crippen LogP contribution in [-0.4, -0.2) is 38.8 Å². The Bertz CT molecular complexity index is 603. The highest BCUT2D eigenvalue weighted by molar-refractivity contribution is 6.35. The maximum absolute atomic E-state index is 11.5. The number of carbonyl (C=O) groups is 2. The molecule has 1 rings (SSSR count). The largest absolute Gasteiger partial charge is 0.493 e. The molecule has 7 nitrogen and oxygen atoms in total. The van der Waals surface area contributed by atoms with Crippen LogP contribution in [0.1, 0.15) is 19.4 Å². The van der Waals surface area contributed by atoms with Gasteiger partial charge in [0.25, 0.3) is 0 Å².